The summed E-state index contributed by atoms with van der Waals surface area (Å²) in [6.45, 7) is 11.0. The van der Waals surface area contributed by atoms with E-state index in [4.69, 9.17) is 14.2 Å². The number of anilines is 1. The second-order valence-corrected chi connectivity index (χ2v) is 5.99. The normalized spacial score (nSPS) is 15.0. The van der Waals surface area contributed by atoms with Crippen LogP contribution in [0.1, 0.15) is 20.3 Å². The SMILES string of the molecule is CCNC(=NCCCN1CCOCC1)Nc1ccc(OC)c(OCC)c1.I. The van der Waals surface area contributed by atoms with Crippen molar-refractivity contribution in [3.63, 3.8) is 0 Å². The van der Waals surface area contributed by atoms with Crippen molar-refractivity contribution >= 4 is 35.6 Å². The third-order valence-electron chi connectivity index (χ3n) is 4.08. The van der Waals surface area contributed by atoms with E-state index in [1.54, 1.807) is 7.11 Å². The van der Waals surface area contributed by atoms with Gasteiger partial charge in [0.15, 0.2) is 17.5 Å². The quantitative estimate of drug-likeness (QED) is 0.239. The molecule has 1 aliphatic heterocycles. The first kappa shape index (κ1) is 23.8. The summed E-state index contributed by atoms with van der Waals surface area (Å²) < 4.78 is 16.3. The molecule has 8 heteroatoms. The Bertz CT molecular complexity index is 566. The Morgan fingerprint density at radius 3 is 2.67 bits per heavy atom. The smallest absolute Gasteiger partial charge is 0.195 e. The number of hydrogen-bond donors (Lipinski definition) is 2. The Morgan fingerprint density at radius 2 is 2.00 bits per heavy atom. The summed E-state index contributed by atoms with van der Waals surface area (Å²) in [6, 6.07) is 5.79. The Kier molecular flexibility index (Phi) is 12.2. The zero-order valence-corrected chi connectivity index (χ0v) is 19.0. The van der Waals surface area contributed by atoms with Gasteiger partial charge in [-0.25, -0.2) is 0 Å². The molecule has 0 amide bonds. The van der Waals surface area contributed by atoms with Crippen LogP contribution in [-0.4, -0.2) is 70.5 Å². The molecule has 1 heterocycles. The monoisotopic (exact) mass is 492 g/mol. The summed E-state index contributed by atoms with van der Waals surface area (Å²) in [6.07, 6.45) is 1.03. The number of nitrogens with one attached hydrogen (secondary N) is 2. The van der Waals surface area contributed by atoms with Crippen molar-refractivity contribution in [1.82, 2.24) is 10.2 Å². The zero-order chi connectivity index (χ0) is 18.6. The lowest BCUT2D eigenvalue weighted by atomic mass is 10.2. The maximum atomic E-state index is 5.63. The summed E-state index contributed by atoms with van der Waals surface area (Å²) in [5, 5.41) is 6.62. The number of nitrogens with zero attached hydrogens (tertiary/aromatic N) is 2. The van der Waals surface area contributed by atoms with Gasteiger partial charge in [0.05, 0.1) is 26.9 Å². The van der Waals surface area contributed by atoms with E-state index >= 15 is 0 Å². The molecule has 27 heavy (non-hydrogen) atoms. The Balaban J connectivity index is 0.00000364. The number of guanidine groups is 1. The first-order valence-electron chi connectivity index (χ1n) is 9.43. The second-order valence-electron chi connectivity index (χ2n) is 5.99. The minimum absolute atomic E-state index is 0. The Labute approximate surface area is 179 Å². The van der Waals surface area contributed by atoms with E-state index in [1.807, 2.05) is 25.1 Å². The summed E-state index contributed by atoms with van der Waals surface area (Å²) in [5.41, 5.74) is 0.919. The molecule has 0 atom stereocenters. The molecular weight excluding hydrogens is 459 g/mol. The molecule has 1 saturated heterocycles. The van der Waals surface area contributed by atoms with Gasteiger partial charge in [0, 0.05) is 44.5 Å². The van der Waals surface area contributed by atoms with Gasteiger partial charge < -0.3 is 24.8 Å². The summed E-state index contributed by atoms with van der Waals surface area (Å²) in [5.74, 6) is 2.23. The largest absolute Gasteiger partial charge is 0.493 e. The number of ether oxygens (including phenoxy) is 3. The summed E-state index contributed by atoms with van der Waals surface area (Å²) in [7, 11) is 1.64. The van der Waals surface area contributed by atoms with Crippen molar-refractivity contribution in [3.8, 4) is 11.5 Å². The Hall–Kier alpha value is -1.26. The molecule has 1 aliphatic rings. The molecule has 2 N–H and O–H groups in total. The van der Waals surface area contributed by atoms with E-state index in [-0.39, 0.29) is 24.0 Å². The van der Waals surface area contributed by atoms with Gasteiger partial charge in [-0.1, -0.05) is 0 Å². The third kappa shape index (κ3) is 8.52. The average Bonchev–Trinajstić information content (AvgIpc) is 2.67. The van der Waals surface area contributed by atoms with Crippen LogP contribution in [0.2, 0.25) is 0 Å². The molecule has 1 fully saturated rings. The van der Waals surface area contributed by atoms with Crippen LogP contribution in [0, 0.1) is 0 Å². The van der Waals surface area contributed by atoms with Gasteiger partial charge in [-0.15, -0.1) is 24.0 Å². The average molecular weight is 492 g/mol. The number of hydrogen-bond acceptors (Lipinski definition) is 5. The number of aliphatic imine (C=N–C) groups is 1. The van der Waals surface area contributed by atoms with Gasteiger partial charge in [-0.2, -0.15) is 0 Å². The van der Waals surface area contributed by atoms with Gasteiger partial charge in [0.2, 0.25) is 0 Å². The van der Waals surface area contributed by atoms with Crippen LogP contribution in [-0.2, 0) is 4.74 Å². The van der Waals surface area contributed by atoms with Gasteiger partial charge in [-0.05, 0) is 32.4 Å². The van der Waals surface area contributed by atoms with Crippen LogP contribution in [0.3, 0.4) is 0 Å². The summed E-state index contributed by atoms with van der Waals surface area (Å²) >= 11 is 0. The van der Waals surface area contributed by atoms with Crippen LogP contribution >= 0.6 is 24.0 Å². The summed E-state index contributed by atoms with van der Waals surface area (Å²) in [4.78, 5) is 7.10. The molecular formula is C19H33IN4O3. The van der Waals surface area contributed by atoms with Crippen molar-refractivity contribution in [2.24, 2.45) is 4.99 Å². The Morgan fingerprint density at radius 1 is 1.22 bits per heavy atom. The van der Waals surface area contributed by atoms with Gasteiger partial charge >= 0.3 is 0 Å². The maximum Gasteiger partial charge on any atom is 0.195 e. The molecule has 0 spiro atoms. The second kappa shape index (κ2) is 13.8. The van der Waals surface area contributed by atoms with Gasteiger partial charge in [-0.3, -0.25) is 9.89 Å². The molecule has 0 aromatic heterocycles. The van der Waals surface area contributed by atoms with Gasteiger partial charge in [0.25, 0.3) is 0 Å². The minimum atomic E-state index is 0. The van der Waals surface area contributed by atoms with Crippen LogP contribution in [0.15, 0.2) is 23.2 Å². The highest BCUT2D eigenvalue weighted by Gasteiger charge is 2.09. The number of benzene rings is 1. The van der Waals surface area contributed by atoms with E-state index in [0.717, 1.165) is 75.5 Å². The van der Waals surface area contributed by atoms with Crippen molar-refractivity contribution in [2.75, 3.05) is 65.0 Å². The lowest BCUT2D eigenvalue weighted by Crippen LogP contribution is -2.37. The van der Waals surface area contributed by atoms with Crippen LogP contribution in [0.4, 0.5) is 5.69 Å². The third-order valence-corrected chi connectivity index (χ3v) is 4.08. The zero-order valence-electron chi connectivity index (χ0n) is 16.6. The predicted molar refractivity (Wildman–Crippen MR) is 121 cm³/mol. The highest BCUT2D eigenvalue weighted by molar-refractivity contribution is 14.0. The van der Waals surface area contributed by atoms with E-state index in [2.05, 4.69) is 27.4 Å². The highest BCUT2D eigenvalue weighted by atomic mass is 127. The van der Waals surface area contributed by atoms with E-state index in [9.17, 15) is 0 Å². The molecule has 0 radical (unpaired) electrons. The lowest BCUT2D eigenvalue weighted by Gasteiger charge is -2.26. The topological polar surface area (TPSA) is 67.4 Å². The molecule has 1 aromatic carbocycles. The number of methoxy groups -OCH3 is 1. The first-order chi connectivity index (χ1) is 12.8. The molecule has 0 bridgehead atoms. The predicted octanol–water partition coefficient (Wildman–Crippen LogP) is 2.81. The van der Waals surface area contributed by atoms with Crippen LogP contribution in [0.25, 0.3) is 0 Å². The van der Waals surface area contributed by atoms with Crippen molar-refractivity contribution in [2.45, 2.75) is 20.3 Å². The standard InChI is InChI=1S/C19H32N4O3.HI/c1-4-20-19(21-9-6-10-23-11-13-25-14-12-23)22-16-7-8-17(24-3)18(15-16)26-5-2;/h7-8,15H,4-6,9-14H2,1-3H3,(H2,20,21,22);1H. The van der Waals surface area contributed by atoms with Crippen LogP contribution < -0.4 is 20.1 Å². The van der Waals surface area contributed by atoms with Crippen molar-refractivity contribution < 1.29 is 14.2 Å². The molecule has 0 saturated carbocycles. The number of morpholine rings is 1. The fourth-order valence-electron chi connectivity index (χ4n) is 2.78. The molecule has 154 valence electrons. The molecule has 0 unspecified atom stereocenters. The van der Waals surface area contributed by atoms with E-state index < -0.39 is 0 Å². The highest BCUT2D eigenvalue weighted by Crippen LogP contribution is 2.30. The molecule has 0 aliphatic carbocycles. The van der Waals surface area contributed by atoms with Crippen molar-refractivity contribution in [3.05, 3.63) is 18.2 Å². The molecule has 1 aromatic rings. The lowest BCUT2D eigenvalue weighted by molar-refractivity contribution is 0.0377. The number of halogens is 1. The van der Waals surface area contributed by atoms with E-state index in [0.29, 0.717) is 6.61 Å². The molecule has 2 rings (SSSR count). The van der Waals surface area contributed by atoms with Crippen molar-refractivity contribution in [1.29, 1.82) is 0 Å². The minimum Gasteiger partial charge on any atom is -0.493 e. The fourth-order valence-corrected chi connectivity index (χ4v) is 2.78. The molecule has 7 nitrogen and oxygen atoms in total. The van der Waals surface area contributed by atoms with E-state index in [1.165, 1.54) is 0 Å². The first-order valence-corrected chi connectivity index (χ1v) is 9.43. The van der Waals surface area contributed by atoms with Gasteiger partial charge in [0.1, 0.15) is 0 Å². The number of rotatable bonds is 9. The fraction of sp³-hybridized carbons (Fsp3) is 0.632. The maximum absolute atomic E-state index is 5.63. The van der Waals surface area contributed by atoms with Crippen LogP contribution in [0.5, 0.6) is 11.5 Å².